The van der Waals surface area contributed by atoms with Crippen LogP contribution in [0.15, 0.2) is 11.8 Å². The number of rotatable bonds is 1. The zero-order valence-electron chi connectivity index (χ0n) is 9.63. The highest BCUT2D eigenvalue weighted by Crippen LogP contribution is 2.53. The van der Waals surface area contributed by atoms with Crippen molar-refractivity contribution in [1.82, 2.24) is 0 Å². The molecule has 0 amide bonds. The van der Waals surface area contributed by atoms with Crippen LogP contribution < -0.4 is 0 Å². The van der Waals surface area contributed by atoms with Crippen molar-refractivity contribution in [3.63, 3.8) is 0 Å². The number of ether oxygens (including phenoxy) is 2. The number of hydrogen-bond donors (Lipinski definition) is 0. The van der Waals surface area contributed by atoms with Crippen LogP contribution in [-0.2, 0) is 14.3 Å². The van der Waals surface area contributed by atoms with Gasteiger partial charge in [0, 0.05) is 0 Å². The summed E-state index contributed by atoms with van der Waals surface area (Å²) in [6, 6.07) is 0. The summed E-state index contributed by atoms with van der Waals surface area (Å²) in [5.74, 6) is 0.700. The fourth-order valence-electron chi connectivity index (χ4n) is 3.01. The van der Waals surface area contributed by atoms with Crippen molar-refractivity contribution in [1.29, 1.82) is 0 Å². The lowest BCUT2D eigenvalue weighted by Gasteiger charge is -2.43. The second-order valence-corrected chi connectivity index (χ2v) is 4.76. The van der Waals surface area contributed by atoms with Crippen LogP contribution in [0, 0.1) is 5.41 Å². The van der Waals surface area contributed by atoms with Crippen molar-refractivity contribution in [3.8, 4) is 0 Å². The Labute approximate surface area is 90.4 Å². The highest BCUT2D eigenvalue weighted by molar-refractivity contribution is 5.81. The van der Waals surface area contributed by atoms with Crippen molar-refractivity contribution >= 4 is 5.97 Å². The van der Waals surface area contributed by atoms with Gasteiger partial charge >= 0.3 is 5.97 Å². The number of carbonyl (C=O) groups is 1. The number of fused-ring (bicyclic) bond motifs is 1. The van der Waals surface area contributed by atoms with Crippen molar-refractivity contribution < 1.29 is 14.3 Å². The van der Waals surface area contributed by atoms with Crippen LogP contribution in [0.25, 0.3) is 0 Å². The predicted octanol–water partition coefficient (Wildman–Crippen LogP) is 2.41. The Kier molecular flexibility index (Phi) is 2.28. The zero-order valence-corrected chi connectivity index (χ0v) is 9.63. The third-order valence-electron chi connectivity index (χ3n) is 3.80. The first kappa shape index (κ1) is 10.5. The number of carbonyl (C=O) groups excluding carboxylic acids is 1. The van der Waals surface area contributed by atoms with Crippen LogP contribution in [0.4, 0.5) is 0 Å². The van der Waals surface area contributed by atoms with E-state index in [1.165, 1.54) is 7.11 Å². The lowest BCUT2D eigenvalue weighted by molar-refractivity contribution is -0.166. The lowest BCUT2D eigenvalue weighted by Crippen LogP contribution is -2.51. The molecule has 15 heavy (non-hydrogen) atoms. The van der Waals surface area contributed by atoms with Crippen LogP contribution in [-0.4, -0.2) is 18.7 Å². The van der Waals surface area contributed by atoms with Gasteiger partial charge in [0.05, 0.1) is 12.9 Å². The van der Waals surface area contributed by atoms with E-state index in [0.717, 1.165) is 31.4 Å². The Morgan fingerprint density at radius 2 is 2.13 bits per heavy atom. The van der Waals surface area contributed by atoms with Gasteiger partial charge in [-0.05, 0) is 39.2 Å². The summed E-state index contributed by atoms with van der Waals surface area (Å²) in [7, 11) is 1.45. The van der Waals surface area contributed by atoms with Gasteiger partial charge in [-0.25, -0.2) is 0 Å². The van der Waals surface area contributed by atoms with Crippen LogP contribution in [0.2, 0.25) is 0 Å². The van der Waals surface area contributed by atoms with Crippen molar-refractivity contribution in [2.45, 2.75) is 45.1 Å². The van der Waals surface area contributed by atoms with Crippen molar-refractivity contribution in [2.75, 3.05) is 7.11 Å². The minimum atomic E-state index is -0.538. The first-order chi connectivity index (χ1) is 7.04. The fraction of sp³-hybridized carbons (Fsp3) is 0.750. The summed E-state index contributed by atoms with van der Waals surface area (Å²) in [6.45, 7) is 3.93. The zero-order chi connectivity index (χ0) is 11.1. The normalized spacial score (nSPS) is 39.0. The minimum Gasteiger partial charge on any atom is -0.491 e. The molecule has 1 heterocycles. The Bertz CT molecular complexity index is 321. The molecule has 1 aliphatic carbocycles. The third kappa shape index (κ3) is 1.29. The molecule has 0 aromatic rings. The van der Waals surface area contributed by atoms with Gasteiger partial charge in [-0.3, -0.25) is 4.79 Å². The van der Waals surface area contributed by atoms with E-state index in [-0.39, 0.29) is 11.6 Å². The number of methoxy groups -OCH3 is 1. The molecule has 3 heteroatoms. The van der Waals surface area contributed by atoms with Gasteiger partial charge in [-0.2, -0.15) is 0 Å². The fourth-order valence-corrected chi connectivity index (χ4v) is 3.01. The molecule has 3 nitrogen and oxygen atoms in total. The summed E-state index contributed by atoms with van der Waals surface area (Å²) in [4.78, 5) is 12.0. The van der Waals surface area contributed by atoms with Gasteiger partial charge in [0.1, 0.15) is 11.0 Å². The standard InChI is InChI=1S/C12H18O3/c1-9-8-12(10(13)14-3)7-5-4-6-11(12,2)15-9/h8H,4-7H2,1-3H3/t11-,12-/m1/s1. The second-order valence-electron chi connectivity index (χ2n) is 4.76. The van der Waals surface area contributed by atoms with E-state index in [1.807, 2.05) is 19.9 Å². The largest absolute Gasteiger partial charge is 0.491 e. The van der Waals surface area contributed by atoms with E-state index < -0.39 is 5.41 Å². The van der Waals surface area contributed by atoms with Crippen LogP contribution >= 0.6 is 0 Å². The van der Waals surface area contributed by atoms with E-state index in [9.17, 15) is 4.79 Å². The molecule has 1 saturated carbocycles. The molecule has 0 aromatic carbocycles. The molecule has 2 aliphatic rings. The van der Waals surface area contributed by atoms with Gasteiger partial charge in [0.15, 0.2) is 0 Å². The smallest absolute Gasteiger partial charge is 0.319 e. The molecule has 0 N–H and O–H groups in total. The van der Waals surface area contributed by atoms with Gasteiger partial charge in [-0.15, -0.1) is 0 Å². The quantitative estimate of drug-likeness (QED) is 0.623. The summed E-state index contributed by atoms with van der Waals surface area (Å²) >= 11 is 0. The SMILES string of the molecule is COC(=O)[C@@]12C=C(C)O[C@]1(C)CCCC2. The van der Waals surface area contributed by atoms with E-state index in [2.05, 4.69) is 0 Å². The predicted molar refractivity (Wildman–Crippen MR) is 56.2 cm³/mol. The first-order valence-corrected chi connectivity index (χ1v) is 5.51. The number of esters is 1. The molecule has 0 bridgehead atoms. The molecule has 1 aliphatic heterocycles. The summed E-state index contributed by atoms with van der Waals surface area (Å²) in [6.07, 6.45) is 5.91. The lowest BCUT2D eigenvalue weighted by atomic mass is 9.64. The highest BCUT2D eigenvalue weighted by Gasteiger charge is 2.59. The van der Waals surface area contributed by atoms with E-state index in [4.69, 9.17) is 9.47 Å². The molecule has 1 fully saturated rings. The van der Waals surface area contributed by atoms with Gasteiger partial charge in [0.2, 0.25) is 0 Å². The Hall–Kier alpha value is -0.990. The molecule has 0 aromatic heterocycles. The van der Waals surface area contributed by atoms with E-state index in [0.29, 0.717) is 0 Å². The number of allylic oxidation sites excluding steroid dienone is 1. The maximum Gasteiger partial charge on any atom is 0.319 e. The average Bonchev–Trinajstić information content (AvgIpc) is 2.47. The van der Waals surface area contributed by atoms with Crippen LogP contribution in [0.5, 0.6) is 0 Å². The molecular formula is C12H18O3. The Morgan fingerprint density at radius 3 is 2.80 bits per heavy atom. The monoisotopic (exact) mass is 210 g/mol. The maximum absolute atomic E-state index is 12.0. The second kappa shape index (κ2) is 3.26. The Balaban J connectivity index is 2.42. The molecule has 2 rings (SSSR count). The molecule has 0 spiro atoms. The Morgan fingerprint density at radius 1 is 1.47 bits per heavy atom. The molecule has 84 valence electrons. The molecule has 0 unspecified atom stereocenters. The van der Waals surface area contributed by atoms with Crippen molar-refractivity contribution in [3.05, 3.63) is 11.8 Å². The summed E-state index contributed by atoms with van der Waals surface area (Å²) in [5, 5.41) is 0. The first-order valence-electron chi connectivity index (χ1n) is 5.51. The van der Waals surface area contributed by atoms with Gasteiger partial charge < -0.3 is 9.47 Å². The average molecular weight is 210 g/mol. The minimum absolute atomic E-state index is 0.151. The van der Waals surface area contributed by atoms with Gasteiger partial charge in [0.25, 0.3) is 0 Å². The van der Waals surface area contributed by atoms with Crippen molar-refractivity contribution in [2.24, 2.45) is 5.41 Å². The number of hydrogen-bond acceptors (Lipinski definition) is 3. The molecule has 0 saturated heterocycles. The van der Waals surface area contributed by atoms with Gasteiger partial charge in [-0.1, -0.05) is 6.42 Å². The third-order valence-corrected chi connectivity index (χ3v) is 3.80. The molecule has 2 atom stereocenters. The topological polar surface area (TPSA) is 35.5 Å². The summed E-state index contributed by atoms with van der Waals surface area (Å²) in [5.41, 5.74) is -0.924. The highest BCUT2D eigenvalue weighted by atomic mass is 16.5. The van der Waals surface area contributed by atoms with Crippen LogP contribution in [0.3, 0.4) is 0 Å². The maximum atomic E-state index is 12.0. The van der Waals surface area contributed by atoms with E-state index >= 15 is 0 Å². The van der Waals surface area contributed by atoms with Crippen LogP contribution in [0.1, 0.15) is 39.5 Å². The molecular weight excluding hydrogens is 192 g/mol. The molecule has 0 radical (unpaired) electrons. The van der Waals surface area contributed by atoms with E-state index in [1.54, 1.807) is 0 Å². The summed E-state index contributed by atoms with van der Waals surface area (Å²) < 4.78 is 10.8.